The first-order valence-corrected chi connectivity index (χ1v) is 10.7. The molecule has 168 valence electrons. The fraction of sp³-hybridized carbons (Fsp3) is 0.333. The molecule has 8 heteroatoms. The van der Waals surface area contributed by atoms with Gasteiger partial charge in [-0.05, 0) is 50.1 Å². The van der Waals surface area contributed by atoms with Crippen LogP contribution in [-0.2, 0) is 24.3 Å². The van der Waals surface area contributed by atoms with Crippen LogP contribution in [0.5, 0.6) is 5.75 Å². The number of hydrogen-bond donors (Lipinski definition) is 2. The average molecular weight is 439 g/mol. The van der Waals surface area contributed by atoms with E-state index in [1.807, 2.05) is 38.1 Å². The van der Waals surface area contributed by atoms with E-state index in [1.54, 1.807) is 6.26 Å². The predicted octanol–water partition coefficient (Wildman–Crippen LogP) is 3.95. The molecule has 2 heterocycles. The number of nitrogens with zero attached hydrogens (tertiary/aromatic N) is 2. The van der Waals surface area contributed by atoms with Crippen molar-refractivity contribution in [1.82, 2.24) is 15.6 Å². The van der Waals surface area contributed by atoms with Gasteiger partial charge in [-0.15, -0.1) is 0 Å². The van der Waals surface area contributed by atoms with E-state index >= 15 is 0 Å². The molecule has 2 aromatic carbocycles. The van der Waals surface area contributed by atoms with E-state index in [9.17, 15) is 4.39 Å². The number of rotatable bonds is 7. The molecule has 0 radical (unpaired) electrons. The van der Waals surface area contributed by atoms with E-state index < -0.39 is 0 Å². The quantitative estimate of drug-likeness (QED) is 0.429. The molecule has 1 aliphatic heterocycles. The number of hydrogen-bond acceptors (Lipinski definition) is 5. The van der Waals surface area contributed by atoms with E-state index in [2.05, 4.69) is 20.6 Å². The van der Waals surface area contributed by atoms with Gasteiger partial charge in [0, 0.05) is 24.2 Å². The maximum absolute atomic E-state index is 13.9. The Morgan fingerprint density at radius 1 is 1.19 bits per heavy atom. The molecule has 0 amide bonds. The van der Waals surface area contributed by atoms with Crippen LogP contribution in [0.2, 0.25) is 0 Å². The van der Waals surface area contributed by atoms with E-state index in [0.29, 0.717) is 43.7 Å². The standard InChI is InChI=1S/C24H27FN4O3/c1-3-26-24(27-9-8-18-10-20(25)11-19-13-30-15-32-22(18)19)28-12-21-14-31-23(29-21)17-6-4-16(2)5-7-17/h4-7,10-11,14H,3,8-9,12-13,15H2,1-2H3,(H2,26,27,28). The van der Waals surface area contributed by atoms with Gasteiger partial charge in [0.05, 0.1) is 13.2 Å². The van der Waals surface area contributed by atoms with Gasteiger partial charge in [-0.2, -0.15) is 0 Å². The second kappa shape index (κ2) is 10.3. The summed E-state index contributed by atoms with van der Waals surface area (Å²) in [5.74, 6) is 1.66. The lowest BCUT2D eigenvalue weighted by Crippen LogP contribution is -2.38. The van der Waals surface area contributed by atoms with Gasteiger partial charge in [0.25, 0.3) is 0 Å². The molecular weight excluding hydrogens is 411 g/mol. The number of aliphatic imine (C=N–C) groups is 1. The number of guanidine groups is 1. The predicted molar refractivity (Wildman–Crippen MR) is 120 cm³/mol. The second-order valence-corrected chi connectivity index (χ2v) is 7.55. The lowest BCUT2D eigenvalue weighted by atomic mass is 10.1. The molecule has 0 saturated carbocycles. The smallest absolute Gasteiger partial charge is 0.226 e. The molecule has 0 bridgehead atoms. The number of benzene rings is 2. The van der Waals surface area contributed by atoms with Crippen molar-refractivity contribution in [3.8, 4) is 17.2 Å². The van der Waals surface area contributed by atoms with Crippen molar-refractivity contribution in [2.75, 3.05) is 19.9 Å². The van der Waals surface area contributed by atoms with E-state index in [0.717, 1.165) is 28.9 Å². The van der Waals surface area contributed by atoms with Gasteiger partial charge < -0.3 is 24.5 Å². The summed E-state index contributed by atoms with van der Waals surface area (Å²) in [6, 6.07) is 11.0. The largest absolute Gasteiger partial charge is 0.467 e. The maximum atomic E-state index is 13.9. The average Bonchev–Trinajstić information content (AvgIpc) is 3.27. The zero-order valence-corrected chi connectivity index (χ0v) is 18.3. The first-order chi connectivity index (χ1) is 15.6. The summed E-state index contributed by atoms with van der Waals surface area (Å²) in [6.45, 7) is 6.25. The molecule has 0 unspecified atom stereocenters. The van der Waals surface area contributed by atoms with Crippen molar-refractivity contribution in [3.05, 3.63) is 70.9 Å². The van der Waals surface area contributed by atoms with Crippen molar-refractivity contribution in [2.24, 2.45) is 4.99 Å². The number of nitrogens with one attached hydrogen (secondary N) is 2. The summed E-state index contributed by atoms with van der Waals surface area (Å²) in [4.78, 5) is 9.12. The molecule has 2 N–H and O–H groups in total. The number of oxazole rings is 1. The fourth-order valence-corrected chi connectivity index (χ4v) is 3.47. The topological polar surface area (TPSA) is 80.9 Å². The zero-order chi connectivity index (χ0) is 22.3. The Bertz CT molecular complexity index is 1080. The summed E-state index contributed by atoms with van der Waals surface area (Å²) in [5, 5.41) is 6.49. The Balaban J connectivity index is 1.37. The molecule has 7 nitrogen and oxygen atoms in total. The second-order valence-electron chi connectivity index (χ2n) is 7.55. The van der Waals surface area contributed by atoms with Crippen LogP contribution in [-0.4, -0.2) is 30.8 Å². The summed E-state index contributed by atoms with van der Waals surface area (Å²) in [6.07, 6.45) is 2.22. The number of fused-ring (bicyclic) bond motifs is 1. The van der Waals surface area contributed by atoms with Gasteiger partial charge in [-0.3, -0.25) is 0 Å². The molecule has 1 aromatic heterocycles. The van der Waals surface area contributed by atoms with E-state index in [1.165, 1.54) is 17.7 Å². The monoisotopic (exact) mass is 438 g/mol. The van der Waals surface area contributed by atoms with Crippen molar-refractivity contribution < 1.29 is 18.3 Å². The van der Waals surface area contributed by atoms with Crippen LogP contribution in [0.3, 0.4) is 0 Å². The first kappa shape index (κ1) is 21.8. The third kappa shape index (κ3) is 5.45. The highest BCUT2D eigenvalue weighted by molar-refractivity contribution is 5.79. The summed E-state index contributed by atoms with van der Waals surface area (Å²) in [5.41, 5.74) is 4.41. The minimum absolute atomic E-state index is 0.186. The Labute approximate surface area is 186 Å². The van der Waals surface area contributed by atoms with Gasteiger partial charge >= 0.3 is 0 Å². The van der Waals surface area contributed by atoms with E-state index in [-0.39, 0.29) is 12.6 Å². The normalized spacial score (nSPS) is 13.4. The van der Waals surface area contributed by atoms with Crippen LogP contribution in [0.25, 0.3) is 11.5 Å². The van der Waals surface area contributed by atoms with E-state index in [4.69, 9.17) is 13.9 Å². The third-order valence-corrected chi connectivity index (χ3v) is 5.03. The lowest BCUT2D eigenvalue weighted by molar-refractivity contribution is -0.0172. The highest BCUT2D eigenvalue weighted by atomic mass is 19.1. The highest BCUT2D eigenvalue weighted by Crippen LogP contribution is 2.29. The van der Waals surface area contributed by atoms with Gasteiger partial charge in [-0.1, -0.05) is 17.7 Å². The molecule has 0 fully saturated rings. The summed E-state index contributed by atoms with van der Waals surface area (Å²) in [7, 11) is 0. The molecule has 0 saturated heterocycles. The summed E-state index contributed by atoms with van der Waals surface area (Å²) < 4.78 is 30.4. The Hall–Kier alpha value is -3.39. The number of halogens is 1. The molecule has 32 heavy (non-hydrogen) atoms. The fourth-order valence-electron chi connectivity index (χ4n) is 3.47. The van der Waals surface area contributed by atoms with Crippen LogP contribution in [0.15, 0.2) is 52.1 Å². The van der Waals surface area contributed by atoms with Crippen LogP contribution in [0, 0.1) is 12.7 Å². The zero-order valence-electron chi connectivity index (χ0n) is 18.3. The highest BCUT2D eigenvalue weighted by Gasteiger charge is 2.17. The van der Waals surface area contributed by atoms with Crippen LogP contribution < -0.4 is 15.4 Å². The Morgan fingerprint density at radius 2 is 2.03 bits per heavy atom. The van der Waals surface area contributed by atoms with Crippen molar-refractivity contribution in [1.29, 1.82) is 0 Å². The molecule has 3 aromatic rings. The lowest BCUT2D eigenvalue weighted by Gasteiger charge is -2.21. The van der Waals surface area contributed by atoms with Crippen LogP contribution in [0.1, 0.15) is 29.3 Å². The van der Waals surface area contributed by atoms with Crippen molar-refractivity contribution in [2.45, 2.75) is 33.4 Å². The SMILES string of the molecule is CCNC(=NCc1coc(-c2ccc(C)cc2)n1)NCCc1cc(F)cc2c1OCOC2. The molecule has 0 atom stereocenters. The van der Waals surface area contributed by atoms with Crippen LogP contribution >= 0.6 is 0 Å². The minimum Gasteiger partial charge on any atom is -0.467 e. The van der Waals surface area contributed by atoms with Crippen molar-refractivity contribution >= 4 is 5.96 Å². The molecule has 1 aliphatic rings. The van der Waals surface area contributed by atoms with Gasteiger partial charge in [-0.25, -0.2) is 14.4 Å². The maximum Gasteiger partial charge on any atom is 0.226 e. The van der Waals surface area contributed by atoms with Gasteiger partial charge in [0.15, 0.2) is 12.8 Å². The Morgan fingerprint density at radius 3 is 2.84 bits per heavy atom. The summed E-state index contributed by atoms with van der Waals surface area (Å²) >= 11 is 0. The van der Waals surface area contributed by atoms with Crippen molar-refractivity contribution in [3.63, 3.8) is 0 Å². The third-order valence-electron chi connectivity index (χ3n) is 5.03. The molecular formula is C24H27FN4O3. The van der Waals surface area contributed by atoms with Gasteiger partial charge in [0.1, 0.15) is 23.5 Å². The Kier molecular flexibility index (Phi) is 7.01. The molecule has 0 spiro atoms. The number of ether oxygens (including phenoxy) is 2. The number of aromatic nitrogens is 1. The van der Waals surface area contributed by atoms with Gasteiger partial charge in [0.2, 0.25) is 5.89 Å². The molecule has 0 aliphatic carbocycles. The van der Waals surface area contributed by atoms with Crippen LogP contribution in [0.4, 0.5) is 4.39 Å². The molecule has 4 rings (SSSR count). The number of aryl methyl sites for hydroxylation is 1. The first-order valence-electron chi connectivity index (χ1n) is 10.7. The minimum atomic E-state index is -0.288.